The topological polar surface area (TPSA) is 73.5 Å². The Balaban J connectivity index is 1.44. The van der Waals surface area contributed by atoms with Gasteiger partial charge in [0.25, 0.3) is 0 Å². The van der Waals surface area contributed by atoms with Crippen molar-refractivity contribution < 1.29 is 4.39 Å². The van der Waals surface area contributed by atoms with Crippen molar-refractivity contribution in [3.05, 3.63) is 68.3 Å². The maximum absolute atomic E-state index is 14.0. The molecule has 0 radical (unpaired) electrons. The second-order valence-corrected chi connectivity index (χ2v) is 8.21. The molecule has 0 aliphatic rings. The molecule has 1 aromatic carbocycles. The van der Waals surface area contributed by atoms with Crippen LogP contribution in [0.5, 0.6) is 0 Å². The minimum absolute atomic E-state index is 0.229. The molecule has 3 heterocycles. The highest BCUT2D eigenvalue weighted by atomic mass is 35.5. The highest BCUT2D eigenvalue weighted by molar-refractivity contribution is 7.15. The standard InChI is InChI=1S/C18H16Cl2FN7S/c1-10-17(20)11(2)28(25-10)9-16-23-24-18(29-16)22-15-6-7-27(26-15)8-12-13(19)4-3-5-14(12)21/h3-7H,8-9H2,1-2H3,(H,22,24,26). The fourth-order valence-electron chi connectivity index (χ4n) is 2.80. The van der Waals surface area contributed by atoms with Crippen LogP contribution in [0.3, 0.4) is 0 Å². The van der Waals surface area contributed by atoms with E-state index >= 15 is 0 Å². The molecule has 4 aromatic rings. The summed E-state index contributed by atoms with van der Waals surface area (Å²) in [6, 6.07) is 6.38. The Morgan fingerprint density at radius 2 is 1.93 bits per heavy atom. The fourth-order valence-corrected chi connectivity index (χ4v) is 3.88. The van der Waals surface area contributed by atoms with E-state index in [2.05, 4.69) is 25.7 Å². The Hall–Kier alpha value is -2.49. The van der Waals surface area contributed by atoms with Gasteiger partial charge in [0.1, 0.15) is 10.8 Å². The van der Waals surface area contributed by atoms with E-state index in [0.717, 1.165) is 16.4 Å². The Kier molecular flexibility index (Phi) is 5.53. The van der Waals surface area contributed by atoms with Crippen molar-refractivity contribution in [3.63, 3.8) is 0 Å². The molecule has 4 rings (SSSR count). The first-order valence-corrected chi connectivity index (χ1v) is 10.2. The van der Waals surface area contributed by atoms with Crippen LogP contribution < -0.4 is 5.32 Å². The molecule has 0 fully saturated rings. The van der Waals surface area contributed by atoms with Gasteiger partial charge in [-0.3, -0.25) is 9.36 Å². The van der Waals surface area contributed by atoms with E-state index in [1.165, 1.54) is 17.4 Å². The van der Waals surface area contributed by atoms with Crippen molar-refractivity contribution >= 4 is 45.5 Å². The van der Waals surface area contributed by atoms with Crippen LogP contribution in [0.1, 0.15) is 22.0 Å². The molecular formula is C18H16Cl2FN7S. The first-order valence-electron chi connectivity index (χ1n) is 8.66. The van der Waals surface area contributed by atoms with Gasteiger partial charge in [-0.15, -0.1) is 10.2 Å². The summed E-state index contributed by atoms with van der Waals surface area (Å²) in [5.41, 5.74) is 2.07. The molecule has 11 heteroatoms. The Labute approximate surface area is 180 Å². The SMILES string of the molecule is Cc1nn(Cc2nnc(Nc3ccn(Cc4c(F)cccc4Cl)n3)s2)c(C)c1Cl. The summed E-state index contributed by atoms with van der Waals surface area (Å²) in [6.45, 7) is 4.49. The molecule has 150 valence electrons. The molecule has 0 amide bonds. The van der Waals surface area contributed by atoms with Crippen LogP contribution in [0.2, 0.25) is 10.0 Å². The van der Waals surface area contributed by atoms with Gasteiger partial charge in [0.2, 0.25) is 5.13 Å². The van der Waals surface area contributed by atoms with E-state index in [-0.39, 0.29) is 12.4 Å². The van der Waals surface area contributed by atoms with Crippen LogP contribution in [-0.4, -0.2) is 29.8 Å². The normalized spacial score (nSPS) is 11.2. The zero-order chi connectivity index (χ0) is 20.5. The maximum atomic E-state index is 14.0. The summed E-state index contributed by atoms with van der Waals surface area (Å²) >= 11 is 13.7. The fraction of sp³-hybridized carbons (Fsp3) is 0.222. The van der Waals surface area contributed by atoms with Crippen molar-refractivity contribution in [3.8, 4) is 0 Å². The first-order chi connectivity index (χ1) is 13.9. The number of nitrogens with zero attached hydrogens (tertiary/aromatic N) is 6. The number of aromatic nitrogens is 6. The summed E-state index contributed by atoms with van der Waals surface area (Å²) in [5, 5.41) is 22.6. The van der Waals surface area contributed by atoms with Crippen molar-refractivity contribution in [2.45, 2.75) is 26.9 Å². The van der Waals surface area contributed by atoms with Gasteiger partial charge in [-0.25, -0.2) is 4.39 Å². The minimum atomic E-state index is -0.361. The van der Waals surface area contributed by atoms with E-state index < -0.39 is 0 Å². The molecule has 0 bridgehead atoms. The van der Waals surface area contributed by atoms with Gasteiger partial charge in [0, 0.05) is 22.8 Å². The second kappa shape index (κ2) is 8.10. The summed E-state index contributed by atoms with van der Waals surface area (Å²) < 4.78 is 17.4. The van der Waals surface area contributed by atoms with Gasteiger partial charge < -0.3 is 5.32 Å². The number of hydrogen-bond acceptors (Lipinski definition) is 6. The van der Waals surface area contributed by atoms with Gasteiger partial charge in [0.15, 0.2) is 5.82 Å². The molecule has 29 heavy (non-hydrogen) atoms. The van der Waals surface area contributed by atoms with Crippen LogP contribution in [0.15, 0.2) is 30.5 Å². The molecule has 1 N–H and O–H groups in total. The summed E-state index contributed by atoms with van der Waals surface area (Å²) in [7, 11) is 0. The molecule has 0 aliphatic carbocycles. The number of nitrogens with one attached hydrogen (secondary N) is 1. The van der Waals surface area contributed by atoms with E-state index in [0.29, 0.717) is 33.1 Å². The van der Waals surface area contributed by atoms with Crippen LogP contribution in [0.4, 0.5) is 15.3 Å². The van der Waals surface area contributed by atoms with Crippen molar-refractivity contribution in [1.29, 1.82) is 0 Å². The van der Waals surface area contributed by atoms with E-state index in [4.69, 9.17) is 23.2 Å². The quantitative estimate of drug-likeness (QED) is 0.454. The predicted molar refractivity (Wildman–Crippen MR) is 112 cm³/mol. The number of hydrogen-bond donors (Lipinski definition) is 1. The highest BCUT2D eigenvalue weighted by Gasteiger charge is 2.13. The third kappa shape index (κ3) is 4.26. The predicted octanol–water partition coefficient (Wildman–Crippen LogP) is 4.83. The summed E-state index contributed by atoms with van der Waals surface area (Å²) in [5.74, 6) is 0.217. The molecule has 0 aliphatic heterocycles. The van der Waals surface area contributed by atoms with E-state index in [1.807, 2.05) is 13.8 Å². The van der Waals surface area contributed by atoms with Gasteiger partial charge in [-0.1, -0.05) is 40.6 Å². The van der Waals surface area contributed by atoms with E-state index in [1.54, 1.807) is 33.8 Å². The molecule has 7 nitrogen and oxygen atoms in total. The molecule has 0 saturated carbocycles. The number of benzene rings is 1. The minimum Gasteiger partial charge on any atom is -0.313 e. The number of anilines is 2. The lowest BCUT2D eigenvalue weighted by molar-refractivity contribution is 0.586. The number of halogens is 3. The van der Waals surface area contributed by atoms with Crippen molar-refractivity contribution in [1.82, 2.24) is 29.8 Å². The van der Waals surface area contributed by atoms with Crippen LogP contribution in [0.25, 0.3) is 0 Å². The van der Waals surface area contributed by atoms with Gasteiger partial charge in [-0.2, -0.15) is 10.2 Å². The Bertz CT molecular complexity index is 1150. The molecule has 3 aromatic heterocycles. The Morgan fingerprint density at radius 1 is 1.10 bits per heavy atom. The van der Waals surface area contributed by atoms with E-state index in [9.17, 15) is 4.39 Å². The van der Waals surface area contributed by atoms with Crippen LogP contribution >= 0.6 is 34.5 Å². The van der Waals surface area contributed by atoms with Gasteiger partial charge >= 0.3 is 0 Å². The van der Waals surface area contributed by atoms with Gasteiger partial charge in [0.05, 0.1) is 29.5 Å². The molecule has 0 unspecified atom stereocenters. The second-order valence-electron chi connectivity index (χ2n) is 6.37. The molecule has 0 saturated heterocycles. The lowest BCUT2D eigenvalue weighted by Crippen LogP contribution is -2.04. The molecular weight excluding hydrogens is 436 g/mol. The summed E-state index contributed by atoms with van der Waals surface area (Å²) in [4.78, 5) is 0. The van der Waals surface area contributed by atoms with Gasteiger partial charge in [-0.05, 0) is 26.0 Å². The smallest absolute Gasteiger partial charge is 0.211 e. The molecule has 0 spiro atoms. The third-order valence-corrected chi connectivity index (χ3v) is 6.03. The average Bonchev–Trinajstić information content (AvgIpc) is 3.37. The average molecular weight is 452 g/mol. The monoisotopic (exact) mass is 451 g/mol. The molecule has 0 atom stereocenters. The third-order valence-electron chi connectivity index (χ3n) is 4.30. The maximum Gasteiger partial charge on any atom is 0.211 e. The Morgan fingerprint density at radius 3 is 2.66 bits per heavy atom. The number of rotatable bonds is 6. The van der Waals surface area contributed by atoms with Crippen LogP contribution in [-0.2, 0) is 13.1 Å². The van der Waals surface area contributed by atoms with Crippen molar-refractivity contribution in [2.75, 3.05) is 5.32 Å². The zero-order valence-corrected chi connectivity index (χ0v) is 17.9. The number of aryl methyl sites for hydroxylation is 1. The lowest BCUT2D eigenvalue weighted by Gasteiger charge is -2.05. The van der Waals surface area contributed by atoms with Crippen molar-refractivity contribution in [2.24, 2.45) is 0 Å². The zero-order valence-electron chi connectivity index (χ0n) is 15.5. The highest BCUT2D eigenvalue weighted by Crippen LogP contribution is 2.24. The first kappa shape index (κ1) is 19.8. The summed E-state index contributed by atoms with van der Waals surface area (Å²) in [6.07, 6.45) is 1.74. The largest absolute Gasteiger partial charge is 0.313 e. The van der Waals surface area contributed by atoms with Crippen LogP contribution in [0, 0.1) is 19.7 Å². The lowest BCUT2D eigenvalue weighted by atomic mass is 10.2.